The summed E-state index contributed by atoms with van der Waals surface area (Å²) in [6.45, 7) is 8.13. The lowest BCUT2D eigenvalue weighted by atomic mass is 9.67. The minimum Gasteiger partial charge on any atom is -0.370 e. The van der Waals surface area contributed by atoms with Crippen molar-refractivity contribution in [2.75, 3.05) is 6.54 Å². The van der Waals surface area contributed by atoms with Crippen molar-refractivity contribution in [3.05, 3.63) is 0 Å². The molecule has 20 heavy (non-hydrogen) atoms. The molecule has 114 valence electrons. The first-order valence-corrected chi connectivity index (χ1v) is 8.52. The quantitative estimate of drug-likeness (QED) is 0.796. The number of nitrogens with zero attached hydrogens (tertiary/aromatic N) is 2. The largest absolute Gasteiger partial charge is 0.370 e. The number of aliphatic imine (C=N–C) groups is 1. The molecule has 2 saturated carbocycles. The first kappa shape index (κ1) is 14.2. The molecule has 2 N–H and O–H groups in total. The third-order valence-electron chi connectivity index (χ3n) is 6.12. The molecule has 2 fully saturated rings. The highest BCUT2D eigenvalue weighted by atomic mass is 15.4. The average molecular weight is 277 g/mol. The molecule has 0 atom stereocenters. The van der Waals surface area contributed by atoms with Gasteiger partial charge in [-0.05, 0) is 49.9 Å². The monoisotopic (exact) mass is 277 g/mol. The Bertz CT molecular complexity index is 380. The number of nitrogens with two attached hydrogens (primary N) is 1. The topological polar surface area (TPSA) is 41.6 Å². The van der Waals surface area contributed by atoms with Gasteiger partial charge < -0.3 is 10.6 Å². The Labute approximate surface area is 124 Å². The van der Waals surface area contributed by atoms with Gasteiger partial charge in [0.1, 0.15) is 0 Å². The minimum atomic E-state index is 0.279. The Balaban J connectivity index is 1.73. The van der Waals surface area contributed by atoms with Crippen LogP contribution in [0.3, 0.4) is 0 Å². The molecular formula is C17H31N3. The van der Waals surface area contributed by atoms with Crippen molar-refractivity contribution in [1.82, 2.24) is 4.90 Å². The summed E-state index contributed by atoms with van der Waals surface area (Å²) in [5, 5.41) is 0. The molecule has 0 radical (unpaired) electrons. The molecule has 3 aliphatic rings. The first-order valence-electron chi connectivity index (χ1n) is 8.52. The normalized spacial score (nSPS) is 35.9. The van der Waals surface area contributed by atoms with Crippen molar-refractivity contribution >= 4 is 5.96 Å². The Kier molecular flexibility index (Phi) is 3.50. The van der Waals surface area contributed by atoms with E-state index in [-0.39, 0.29) is 5.54 Å². The van der Waals surface area contributed by atoms with Crippen LogP contribution in [0.2, 0.25) is 0 Å². The van der Waals surface area contributed by atoms with Crippen molar-refractivity contribution < 1.29 is 0 Å². The lowest BCUT2D eigenvalue weighted by Gasteiger charge is -2.49. The second kappa shape index (κ2) is 4.92. The molecule has 0 aromatic rings. The summed E-state index contributed by atoms with van der Waals surface area (Å²) in [6.07, 6.45) is 10.6. The van der Waals surface area contributed by atoms with Crippen molar-refractivity contribution in [2.24, 2.45) is 22.1 Å². The maximum atomic E-state index is 6.26. The molecule has 3 rings (SSSR count). The van der Waals surface area contributed by atoms with Crippen molar-refractivity contribution in [1.29, 1.82) is 0 Å². The molecular weight excluding hydrogens is 246 g/mol. The summed E-state index contributed by atoms with van der Waals surface area (Å²) in [5.41, 5.74) is 6.99. The van der Waals surface area contributed by atoms with Gasteiger partial charge >= 0.3 is 0 Å². The molecule has 0 bridgehead atoms. The molecule has 2 aliphatic carbocycles. The zero-order valence-corrected chi connectivity index (χ0v) is 13.5. The van der Waals surface area contributed by atoms with Crippen molar-refractivity contribution in [2.45, 2.75) is 83.7 Å². The van der Waals surface area contributed by atoms with Gasteiger partial charge in [0.25, 0.3) is 0 Å². The van der Waals surface area contributed by atoms with Gasteiger partial charge in [-0.15, -0.1) is 0 Å². The summed E-state index contributed by atoms with van der Waals surface area (Å²) in [5.74, 6) is 1.70. The van der Waals surface area contributed by atoms with E-state index in [9.17, 15) is 0 Å². The standard InChI is InChI=1S/C17H31N3/c1-16(2,3)13-8-10-17(11-9-13)12-19-15(18)20(17)14-6-4-5-7-14/h13-14H,4-12H2,1-3H3,(H2,18,19). The van der Waals surface area contributed by atoms with Crippen molar-refractivity contribution in [3.63, 3.8) is 0 Å². The SMILES string of the molecule is CC(C)(C)C1CCC2(CC1)CN=C(N)N2C1CCCC1. The lowest BCUT2D eigenvalue weighted by Crippen LogP contribution is -2.57. The van der Waals surface area contributed by atoms with E-state index in [1.54, 1.807) is 0 Å². The smallest absolute Gasteiger partial charge is 0.192 e. The van der Waals surface area contributed by atoms with Crippen LogP contribution in [0.25, 0.3) is 0 Å². The van der Waals surface area contributed by atoms with E-state index in [1.165, 1.54) is 51.4 Å². The van der Waals surface area contributed by atoms with Crippen LogP contribution in [0, 0.1) is 11.3 Å². The van der Waals surface area contributed by atoms with Gasteiger partial charge in [-0.1, -0.05) is 33.6 Å². The first-order chi connectivity index (χ1) is 9.42. The maximum Gasteiger partial charge on any atom is 0.192 e. The summed E-state index contributed by atoms with van der Waals surface area (Å²) in [4.78, 5) is 7.20. The van der Waals surface area contributed by atoms with Crippen LogP contribution >= 0.6 is 0 Å². The minimum absolute atomic E-state index is 0.279. The zero-order valence-electron chi connectivity index (χ0n) is 13.5. The average Bonchev–Trinajstić information content (AvgIpc) is 2.98. The van der Waals surface area contributed by atoms with E-state index in [4.69, 9.17) is 5.73 Å². The Hall–Kier alpha value is -0.730. The third kappa shape index (κ3) is 2.33. The van der Waals surface area contributed by atoms with Crippen LogP contribution in [0.1, 0.15) is 72.1 Å². The molecule has 3 nitrogen and oxygen atoms in total. The van der Waals surface area contributed by atoms with Gasteiger partial charge in [0.05, 0.1) is 12.1 Å². The third-order valence-corrected chi connectivity index (χ3v) is 6.12. The fourth-order valence-corrected chi connectivity index (χ4v) is 4.78. The Morgan fingerprint density at radius 2 is 1.70 bits per heavy atom. The molecule has 0 saturated heterocycles. The van der Waals surface area contributed by atoms with Gasteiger partial charge in [0, 0.05) is 6.04 Å². The van der Waals surface area contributed by atoms with Crippen LogP contribution in [-0.4, -0.2) is 29.0 Å². The highest BCUT2D eigenvalue weighted by Crippen LogP contribution is 2.47. The van der Waals surface area contributed by atoms with E-state index in [0.717, 1.165) is 18.4 Å². The van der Waals surface area contributed by atoms with Gasteiger partial charge in [-0.3, -0.25) is 4.99 Å². The highest BCUT2D eigenvalue weighted by molar-refractivity contribution is 5.81. The van der Waals surface area contributed by atoms with E-state index < -0.39 is 0 Å². The van der Waals surface area contributed by atoms with Gasteiger partial charge in [-0.25, -0.2) is 0 Å². The molecule has 0 amide bonds. The Morgan fingerprint density at radius 1 is 1.10 bits per heavy atom. The predicted molar refractivity (Wildman–Crippen MR) is 84.7 cm³/mol. The number of rotatable bonds is 1. The predicted octanol–water partition coefficient (Wildman–Crippen LogP) is 3.53. The molecule has 0 aromatic carbocycles. The van der Waals surface area contributed by atoms with Crippen molar-refractivity contribution in [3.8, 4) is 0 Å². The van der Waals surface area contributed by atoms with E-state index in [1.807, 2.05) is 0 Å². The number of hydrogen-bond donors (Lipinski definition) is 1. The van der Waals surface area contributed by atoms with Gasteiger partial charge in [0.2, 0.25) is 0 Å². The summed E-state index contributed by atoms with van der Waals surface area (Å²) in [6, 6.07) is 0.674. The Morgan fingerprint density at radius 3 is 2.25 bits per heavy atom. The fourth-order valence-electron chi connectivity index (χ4n) is 4.78. The zero-order chi connectivity index (χ0) is 14.4. The second-order valence-electron chi connectivity index (χ2n) is 8.35. The summed E-state index contributed by atoms with van der Waals surface area (Å²) in [7, 11) is 0. The molecule has 1 spiro atoms. The molecule has 1 aliphatic heterocycles. The molecule has 0 unspecified atom stereocenters. The van der Waals surface area contributed by atoms with E-state index >= 15 is 0 Å². The summed E-state index contributed by atoms with van der Waals surface area (Å²) < 4.78 is 0. The van der Waals surface area contributed by atoms with Crippen LogP contribution in [0.15, 0.2) is 4.99 Å². The van der Waals surface area contributed by atoms with E-state index in [2.05, 4.69) is 30.7 Å². The highest BCUT2D eigenvalue weighted by Gasteiger charge is 2.48. The maximum absolute atomic E-state index is 6.26. The number of guanidine groups is 1. The molecule has 0 aromatic heterocycles. The van der Waals surface area contributed by atoms with Crippen LogP contribution in [0.4, 0.5) is 0 Å². The summed E-state index contributed by atoms with van der Waals surface area (Å²) >= 11 is 0. The van der Waals surface area contributed by atoms with Gasteiger partial charge in [0.15, 0.2) is 5.96 Å². The van der Waals surface area contributed by atoms with Crippen LogP contribution in [-0.2, 0) is 0 Å². The van der Waals surface area contributed by atoms with Crippen LogP contribution < -0.4 is 5.73 Å². The molecule has 3 heteroatoms. The van der Waals surface area contributed by atoms with Gasteiger partial charge in [-0.2, -0.15) is 0 Å². The number of hydrogen-bond acceptors (Lipinski definition) is 3. The fraction of sp³-hybridized carbons (Fsp3) is 0.941. The van der Waals surface area contributed by atoms with Crippen LogP contribution in [0.5, 0.6) is 0 Å². The molecule has 1 heterocycles. The lowest BCUT2D eigenvalue weighted by molar-refractivity contribution is 0.0543. The van der Waals surface area contributed by atoms with E-state index in [0.29, 0.717) is 11.5 Å². The second-order valence-corrected chi connectivity index (χ2v) is 8.35.